The molecule has 1 rings (SSSR count). The summed E-state index contributed by atoms with van der Waals surface area (Å²) in [6, 6.07) is 3.19. The molecule has 0 N–H and O–H groups in total. The average Bonchev–Trinajstić information content (AvgIpc) is 2.12. The first-order chi connectivity index (χ1) is 3.80. The van der Waals surface area contributed by atoms with Crippen molar-refractivity contribution < 1.29 is 27.0 Å². The van der Waals surface area contributed by atoms with Gasteiger partial charge in [0.1, 0.15) is 0 Å². The Labute approximate surface area is 67.0 Å². The molecule has 0 radical (unpaired) electrons. The quantitative estimate of drug-likeness (QED) is 0.590. The summed E-state index contributed by atoms with van der Waals surface area (Å²) >= 11 is 1.17. The molecule has 0 aromatic carbocycles. The molecule has 0 atom stereocenters. The van der Waals surface area contributed by atoms with Crippen LogP contribution in [0.1, 0.15) is 9.67 Å². The van der Waals surface area contributed by atoms with E-state index in [0.29, 0.717) is 0 Å². The van der Waals surface area contributed by atoms with Crippen molar-refractivity contribution in [2.24, 2.45) is 0 Å². The molecule has 0 amide bonds. The topological polar surface area (TPSA) is 40.1 Å². The van der Waals surface area contributed by atoms with Crippen LogP contribution in [0.3, 0.4) is 0 Å². The van der Waals surface area contributed by atoms with E-state index in [4.69, 9.17) is 0 Å². The van der Waals surface area contributed by atoms with Crippen LogP contribution < -0.4 is 5.11 Å². The first kappa shape index (κ1) is 8.69. The minimum Gasteiger partial charge on any atom is -1.00 e. The maximum atomic E-state index is 9.96. The molecule has 0 aliphatic heterocycles. The molecule has 0 aliphatic rings. The molecule has 0 unspecified atom stereocenters. The number of thiophene rings is 1. The summed E-state index contributed by atoms with van der Waals surface area (Å²) in [5.41, 5.74) is 0. The van der Waals surface area contributed by atoms with Crippen LogP contribution in [0.4, 0.5) is 0 Å². The number of carboxylic acid groups (broad SMARTS) is 1. The summed E-state index contributed by atoms with van der Waals surface area (Å²) in [4.78, 5) is 10.2. The van der Waals surface area contributed by atoms with Crippen molar-refractivity contribution in [3.8, 4) is 0 Å². The Morgan fingerprint density at radius 3 is 2.56 bits per heavy atom. The zero-order chi connectivity index (χ0) is 5.98. The maximum absolute atomic E-state index is 9.96. The molecule has 1 aromatic rings. The summed E-state index contributed by atoms with van der Waals surface area (Å²) in [6.07, 6.45) is 0. The smallest absolute Gasteiger partial charge is 0.0815 e. The summed E-state index contributed by atoms with van der Waals surface area (Å²) in [5.74, 6) is -1.10. The molecule has 0 aliphatic carbocycles. The third-order valence-electron chi connectivity index (χ3n) is 0.722. The van der Waals surface area contributed by atoms with Gasteiger partial charge in [0.2, 0.25) is 0 Å². The largest absolute Gasteiger partial charge is 1.00 e. The average molecular weight is 191 g/mol. The normalized spacial score (nSPS) is 8.00. The number of hydrogen-bond donors (Lipinski definition) is 0. The number of carbonyl (C=O) groups excluding carboxylic acids is 1. The van der Waals surface area contributed by atoms with E-state index < -0.39 is 5.97 Å². The molecular formula is C5H3CuO2S-2. The van der Waals surface area contributed by atoms with Gasteiger partial charge in [-0.25, -0.2) is 0 Å². The van der Waals surface area contributed by atoms with Crippen LogP contribution in [0.15, 0.2) is 17.5 Å². The van der Waals surface area contributed by atoms with Crippen molar-refractivity contribution in [3.63, 3.8) is 0 Å². The number of aromatic carboxylic acids is 1. The fraction of sp³-hybridized carbons (Fsp3) is 0. The number of rotatable bonds is 1. The first-order valence-corrected chi connectivity index (χ1v) is 2.93. The van der Waals surface area contributed by atoms with Gasteiger partial charge in [-0.2, -0.15) is 0 Å². The van der Waals surface area contributed by atoms with Gasteiger partial charge in [0.05, 0.1) is 5.97 Å². The van der Waals surface area contributed by atoms with Crippen molar-refractivity contribution in [1.82, 2.24) is 0 Å². The molecule has 4 heteroatoms. The van der Waals surface area contributed by atoms with Crippen molar-refractivity contribution in [1.29, 1.82) is 0 Å². The van der Waals surface area contributed by atoms with Gasteiger partial charge in [-0.05, 0) is 11.4 Å². The molecule has 0 spiro atoms. The fourth-order valence-corrected chi connectivity index (χ4v) is 0.952. The Bertz CT molecular complexity index is 183. The Morgan fingerprint density at radius 2 is 2.33 bits per heavy atom. The Kier molecular flexibility index (Phi) is 3.54. The summed E-state index contributed by atoms with van der Waals surface area (Å²) in [6.45, 7) is 0. The van der Waals surface area contributed by atoms with Crippen LogP contribution in [0.2, 0.25) is 0 Å². The number of carbonyl (C=O) groups is 1. The zero-order valence-electron chi connectivity index (χ0n) is 4.26. The Morgan fingerprint density at radius 1 is 1.67 bits per heavy atom. The molecule has 2 nitrogen and oxygen atoms in total. The predicted molar refractivity (Wildman–Crippen MR) is 28.6 cm³/mol. The predicted octanol–water partition coefficient (Wildman–Crippen LogP) is 0.109. The minimum absolute atomic E-state index is 0. The Balaban J connectivity index is 0.000000640. The van der Waals surface area contributed by atoms with Crippen molar-refractivity contribution in [2.45, 2.75) is 0 Å². The van der Waals surface area contributed by atoms with E-state index in [2.05, 4.69) is 0 Å². The van der Waals surface area contributed by atoms with Crippen LogP contribution in [-0.2, 0) is 17.1 Å². The number of hydrogen-bond acceptors (Lipinski definition) is 3. The second kappa shape index (κ2) is 3.67. The van der Waals surface area contributed by atoms with E-state index in [1.54, 1.807) is 11.4 Å². The van der Waals surface area contributed by atoms with E-state index in [1.165, 1.54) is 17.4 Å². The van der Waals surface area contributed by atoms with Gasteiger partial charge in [-0.15, -0.1) is 11.3 Å². The fourth-order valence-electron chi connectivity index (χ4n) is 0.395. The maximum Gasteiger partial charge on any atom is 0.0815 e. The SMILES string of the molecule is O=C([O-])c1cccs1.[Cu-]. The third-order valence-corrected chi connectivity index (χ3v) is 1.57. The van der Waals surface area contributed by atoms with Crippen LogP contribution >= 0.6 is 11.3 Å². The van der Waals surface area contributed by atoms with Crippen molar-refractivity contribution in [3.05, 3.63) is 22.4 Å². The van der Waals surface area contributed by atoms with Crippen LogP contribution in [0.25, 0.3) is 0 Å². The molecule has 0 fully saturated rings. The zero-order valence-corrected chi connectivity index (χ0v) is 6.02. The molecular weight excluding hydrogens is 188 g/mol. The molecule has 9 heavy (non-hydrogen) atoms. The van der Waals surface area contributed by atoms with E-state index in [-0.39, 0.29) is 21.9 Å². The first-order valence-electron chi connectivity index (χ1n) is 2.05. The minimum atomic E-state index is -1.10. The van der Waals surface area contributed by atoms with Gasteiger partial charge in [-0.3, -0.25) is 0 Å². The van der Waals surface area contributed by atoms with Crippen molar-refractivity contribution >= 4 is 17.3 Å². The van der Waals surface area contributed by atoms with Gasteiger partial charge < -0.3 is 27.0 Å². The summed E-state index contributed by atoms with van der Waals surface area (Å²) < 4.78 is 0. The van der Waals surface area contributed by atoms with Crippen LogP contribution in [0.5, 0.6) is 0 Å². The van der Waals surface area contributed by atoms with Crippen LogP contribution in [-0.4, -0.2) is 5.97 Å². The van der Waals surface area contributed by atoms with E-state index in [1.807, 2.05) is 0 Å². The monoisotopic (exact) mass is 190 g/mol. The summed E-state index contributed by atoms with van der Waals surface area (Å²) in [7, 11) is 0. The third kappa shape index (κ3) is 2.18. The summed E-state index contributed by atoms with van der Waals surface area (Å²) in [5, 5.41) is 11.7. The number of carboxylic acids is 1. The second-order valence-corrected chi connectivity index (χ2v) is 2.21. The molecule has 0 saturated heterocycles. The molecule has 1 heterocycles. The van der Waals surface area contributed by atoms with E-state index in [0.717, 1.165) is 0 Å². The van der Waals surface area contributed by atoms with Crippen LogP contribution in [0, 0.1) is 0 Å². The Hall–Kier alpha value is -0.311. The van der Waals surface area contributed by atoms with Gasteiger partial charge in [-0.1, -0.05) is 6.07 Å². The van der Waals surface area contributed by atoms with E-state index >= 15 is 0 Å². The van der Waals surface area contributed by atoms with Gasteiger partial charge in [0, 0.05) is 4.88 Å². The van der Waals surface area contributed by atoms with Gasteiger partial charge in [0.15, 0.2) is 0 Å². The molecule has 0 bridgehead atoms. The molecule has 54 valence electrons. The second-order valence-electron chi connectivity index (χ2n) is 1.26. The van der Waals surface area contributed by atoms with Crippen molar-refractivity contribution in [2.75, 3.05) is 0 Å². The standard InChI is InChI=1S/C5H4O2S.Cu/c6-5(7)4-2-1-3-8-4;/h1-3H,(H,6,7);/q;-1/p-1. The van der Waals surface area contributed by atoms with Gasteiger partial charge in [0.25, 0.3) is 0 Å². The van der Waals surface area contributed by atoms with E-state index in [9.17, 15) is 9.90 Å². The van der Waals surface area contributed by atoms with Gasteiger partial charge >= 0.3 is 0 Å². The molecule has 1 aromatic heterocycles. The molecule has 0 saturated carbocycles.